The molecular weight excluding hydrogens is 446 g/mol. The summed E-state index contributed by atoms with van der Waals surface area (Å²) in [7, 11) is 0. The normalized spacial score (nSPS) is 11.8. The van der Waals surface area contributed by atoms with Crippen LogP contribution in [0.15, 0.2) is 46.9 Å². The number of furan rings is 1. The predicted octanol–water partition coefficient (Wildman–Crippen LogP) is 7.00. The zero-order valence-electron chi connectivity index (χ0n) is 20.2. The molecule has 0 aliphatic heterocycles. The number of unbranched alkanes of at least 4 members (excludes halogenated alkanes) is 1. The lowest BCUT2D eigenvalue weighted by Gasteiger charge is -2.16. The Bertz CT molecular complexity index is 1370. The van der Waals surface area contributed by atoms with Gasteiger partial charge in [-0.15, -0.1) is 0 Å². The van der Waals surface area contributed by atoms with E-state index < -0.39 is 0 Å². The molecule has 0 aliphatic carbocycles. The van der Waals surface area contributed by atoms with Crippen molar-refractivity contribution in [2.24, 2.45) is 0 Å². The van der Waals surface area contributed by atoms with Crippen LogP contribution in [-0.4, -0.2) is 14.7 Å². The van der Waals surface area contributed by atoms with Crippen LogP contribution < -0.4 is 0 Å². The molecule has 0 aliphatic rings. The number of aromatic nitrogens is 2. The van der Waals surface area contributed by atoms with Gasteiger partial charge in [0, 0.05) is 34.7 Å². The molecule has 0 spiro atoms. The monoisotopic (exact) mass is 475 g/mol. The molecule has 0 unspecified atom stereocenters. The topological polar surface area (TPSA) is 75.0 Å². The van der Waals surface area contributed by atoms with Gasteiger partial charge in [-0.3, -0.25) is 0 Å². The van der Waals surface area contributed by atoms with Crippen molar-refractivity contribution in [3.8, 4) is 17.4 Å². The first-order valence-corrected chi connectivity index (χ1v) is 12.1. The summed E-state index contributed by atoms with van der Waals surface area (Å²) in [5.41, 5.74) is 2.87. The summed E-state index contributed by atoms with van der Waals surface area (Å²) >= 11 is 6.34. The summed E-state index contributed by atoms with van der Waals surface area (Å²) in [6.45, 7) is 8.92. The van der Waals surface area contributed by atoms with Crippen LogP contribution in [0.3, 0.4) is 0 Å². The van der Waals surface area contributed by atoms with Gasteiger partial charge in [-0.05, 0) is 30.2 Å². The number of aliphatic hydroxyl groups is 1. The fourth-order valence-corrected chi connectivity index (χ4v) is 4.63. The van der Waals surface area contributed by atoms with Gasteiger partial charge in [0.15, 0.2) is 5.15 Å². The van der Waals surface area contributed by atoms with E-state index in [2.05, 4.69) is 56.9 Å². The maximum absolute atomic E-state index is 9.93. The van der Waals surface area contributed by atoms with Gasteiger partial charge in [0.1, 0.15) is 17.3 Å². The maximum atomic E-state index is 9.93. The Morgan fingerprint density at radius 2 is 1.91 bits per heavy atom. The molecule has 0 saturated carbocycles. The molecule has 2 heterocycles. The van der Waals surface area contributed by atoms with Gasteiger partial charge in [0.2, 0.25) is 0 Å². The van der Waals surface area contributed by atoms with Crippen molar-refractivity contribution in [2.45, 2.75) is 65.5 Å². The van der Waals surface area contributed by atoms with Crippen LogP contribution in [0.5, 0.6) is 0 Å². The molecule has 2 aromatic carbocycles. The van der Waals surface area contributed by atoms with Gasteiger partial charge >= 0.3 is 0 Å². The van der Waals surface area contributed by atoms with E-state index >= 15 is 0 Å². The molecule has 34 heavy (non-hydrogen) atoms. The quantitative estimate of drug-likeness (QED) is 0.312. The Morgan fingerprint density at radius 1 is 1.15 bits per heavy atom. The highest BCUT2D eigenvalue weighted by Crippen LogP contribution is 2.41. The van der Waals surface area contributed by atoms with Crippen molar-refractivity contribution in [1.82, 2.24) is 9.55 Å². The van der Waals surface area contributed by atoms with Crippen molar-refractivity contribution in [1.29, 1.82) is 5.26 Å². The average molecular weight is 476 g/mol. The molecule has 2 aromatic heterocycles. The highest BCUT2D eigenvalue weighted by Gasteiger charge is 2.26. The molecule has 0 atom stereocenters. The summed E-state index contributed by atoms with van der Waals surface area (Å²) in [5.74, 6) is 2.49. The fourth-order valence-electron chi connectivity index (χ4n) is 4.37. The first-order valence-electron chi connectivity index (χ1n) is 11.7. The summed E-state index contributed by atoms with van der Waals surface area (Å²) < 4.78 is 8.49. The summed E-state index contributed by atoms with van der Waals surface area (Å²) in [6, 6.07) is 16.1. The highest BCUT2D eigenvalue weighted by atomic mass is 35.5. The highest BCUT2D eigenvalue weighted by molar-refractivity contribution is 6.30. The summed E-state index contributed by atoms with van der Waals surface area (Å²) in [6.07, 6.45) is 2.88. The minimum atomic E-state index is -0.225. The van der Waals surface area contributed by atoms with E-state index in [-0.39, 0.29) is 12.0 Å². The lowest BCUT2D eigenvalue weighted by atomic mass is 9.90. The lowest BCUT2D eigenvalue weighted by molar-refractivity contribution is 0.271. The van der Waals surface area contributed by atoms with E-state index in [1.165, 1.54) is 0 Å². The molecule has 1 N–H and O–H groups in total. The molecule has 4 rings (SSSR count). The molecule has 176 valence electrons. The van der Waals surface area contributed by atoms with Gasteiger partial charge in [-0.25, -0.2) is 4.98 Å². The molecular formula is C28H30ClN3O2. The van der Waals surface area contributed by atoms with Crippen LogP contribution in [0.25, 0.3) is 22.1 Å². The minimum Gasteiger partial charge on any atom is -0.459 e. The van der Waals surface area contributed by atoms with Crippen molar-refractivity contribution in [3.63, 3.8) is 0 Å². The van der Waals surface area contributed by atoms with Gasteiger partial charge in [-0.2, -0.15) is 5.26 Å². The van der Waals surface area contributed by atoms with Crippen molar-refractivity contribution < 1.29 is 9.52 Å². The molecule has 0 amide bonds. The second-order valence-electron chi connectivity index (χ2n) is 9.66. The van der Waals surface area contributed by atoms with E-state index in [4.69, 9.17) is 16.0 Å². The largest absolute Gasteiger partial charge is 0.459 e. The van der Waals surface area contributed by atoms with Crippen LogP contribution in [0, 0.1) is 11.3 Å². The van der Waals surface area contributed by atoms with Crippen LogP contribution in [0.2, 0.25) is 5.15 Å². The van der Waals surface area contributed by atoms with Gasteiger partial charge in [0.25, 0.3) is 0 Å². The van der Waals surface area contributed by atoms with Gasteiger partial charge in [-0.1, -0.05) is 70.0 Å². The third-order valence-electron chi connectivity index (χ3n) is 6.10. The molecule has 6 heteroatoms. The number of nitriles is 1. The molecule has 5 nitrogen and oxygen atoms in total. The van der Waals surface area contributed by atoms with Gasteiger partial charge in [0.05, 0.1) is 23.9 Å². The second kappa shape index (κ2) is 9.66. The number of hydrogen-bond acceptors (Lipinski definition) is 4. The Labute approximate surface area is 205 Å². The first kappa shape index (κ1) is 24.1. The average Bonchev–Trinajstić information content (AvgIpc) is 3.34. The van der Waals surface area contributed by atoms with Crippen LogP contribution in [0.1, 0.15) is 68.9 Å². The van der Waals surface area contributed by atoms with Crippen molar-refractivity contribution in [3.05, 3.63) is 76.0 Å². The SMILES string of the molecule is CCCCc1nc(Cl)c(CO)n1Cc1ccc2c(-c3ccccc3C#N)oc(C(C)(C)C)c2c1. The predicted molar refractivity (Wildman–Crippen MR) is 136 cm³/mol. The van der Waals surface area contributed by atoms with E-state index in [1.807, 2.05) is 28.8 Å². The lowest BCUT2D eigenvalue weighted by Crippen LogP contribution is -2.11. The number of hydrogen-bond donors (Lipinski definition) is 1. The molecule has 0 fully saturated rings. The Morgan fingerprint density at radius 3 is 2.59 bits per heavy atom. The minimum absolute atomic E-state index is 0.158. The first-order chi connectivity index (χ1) is 16.3. The number of imidazole rings is 1. The number of benzene rings is 2. The van der Waals surface area contributed by atoms with Gasteiger partial charge < -0.3 is 14.1 Å². The number of aliphatic hydroxyl groups excluding tert-OH is 1. The fraction of sp³-hybridized carbons (Fsp3) is 0.357. The number of nitrogens with zero attached hydrogens (tertiary/aromatic N) is 3. The smallest absolute Gasteiger partial charge is 0.152 e. The summed E-state index contributed by atoms with van der Waals surface area (Å²) in [5, 5.41) is 21.9. The van der Waals surface area contributed by atoms with E-state index in [0.29, 0.717) is 28.7 Å². The Kier molecular flexibility index (Phi) is 6.84. The molecule has 0 bridgehead atoms. The van der Waals surface area contributed by atoms with Crippen LogP contribution >= 0.6 is 11.6 Å². The summed E-state index contributed by atoms with van der Waals surface area (Å²) in [4.78, 5) is 4.52. The number of halogens is 1. The van der Waals surface area contributed by atoms with E-state index in [1.54, 1.807) is 0 Å². The van der Waals surface area contributed by atoms with Crippen molar-refractivity contribution in [2.75, 3.05) is 0 Å². The third-order valence-corrected chi connectivity index (χ3v) is 6.40. The molecule has 0 radical (unpaired) electrons. The number of aryl methyl sites for hydroxylation is 1. The molecule has 0 saturated heterocycles. The number of rotatable bonds is 7. The zero-order valence-corrected chi connectivity index (χ0v) is 20.9. The second-order valence-corrected chi connectivity index (χ2v) is 10.0. The number of fused-ring (bicyclic) bond motifs is 1. The van der Waals surface area contributed by atoms with Crippen molar-refractivity contribution >= 4 is 22.4 Å². The standard InChI is InChI=1S/C28H30ClN3O2/c1-5-6-11-24-31-27(29)23(17-33)32(24)16-18-12-13-21-22(14-18)26(28(2,3)4)34-25(21)20-10-8-7-9-19(20)15-30/h7-10,12-14,33H,5-6,11,16-17H2,1-4H3. The van der Waals surface area contributed by atoms with E-state index in [9.17, 15) is 10.4 Å². The van der Waals surface area contributed by atoms with Crippen LogP contribution in [0.4, 0.5) is 0 Å². The maximum Gasteiger partial charge on any atom is 0.152 e. The Balaban J connectivity index is 1.85. The van der Waals surface area contributed by atoms with E-state index in [0.717, 1.165) is 52.7 Å². The molecule has 4 aromatic rings. The zero-order chi connectivity index (χ0) is 24.5. The van der Waals surface area contributed by atoms with Crippen LogP contribution in [-0.2, 0) is 25.0 Å². The Hall–Kier alpha value is -3.07. The third kappa shape index (κ3) is 4.49.